The Bertz CT molecular complexity index is 101. The molecule has 0 saturated heterocycles. The maximum Gasteiger partial charge on any atom is -0.00490 e. The standard InChI is InChI=1S/C14H32N2/c1-2-16-14-12-10-8-6-4-3-5-7-9-11-13-15/h16H,2-15H2,1H3. The maximum absolute atomic E-state index is 5.45. The summed E-state index contributed by atoms with van der Waals surface area (Å²) < 4.78 is 0. The number of rotatable bonds is 13. The van der Waals surface area contributed by atoms with Gasteiger partial charge in [0.15, 0.2) is 0 Å². The third kappa shape index (κ3) is 13.9. The van der Waals surface area contributed by atoms with E-state index in [2.05, 4.69) is 12.2 Å². The first-order valence-electron chi connectivity index (χ1n) is 7.32. The Morgan fingerprint density at radius 2 is 1.12 bits per heavy atom. The molecule has 0 heterocycles. The first-order valence-corrected chi connectivity index (χ1v) is 7.32. The summed E-state index contributed by atoms with van der Waals surface area (Å²) in [6.07, 6.45) is 13.8. The molecule has 0 saturated carbocycles. The number of hydrogen-bond acceptors (Lipinski definition) is 2. The van der Waals surface area contributed by atoms with Gasteiger partial charge in [0.25, 0.3) is 0 Å². The number of hydrogen-bond donors (Lipinski definition) is 2. The highest BCUT2D eigenvalue weighted by atomic mass is 14.8. The molecule has 3 N–H and O–H groups in total. The van der Waals surface area contributed by atoms with Crippen molar-refractivity contribution in [2.24, 2.45) is 5.73 Å². The minimum absolute atomic E-state index is 0.867. The third-order valence-electron chi connectivity index (χ3n) is 3.06. The second-order valence-corrected chi connectivity index (χ2v) is 4.68. The average molecular weight is 228 g/mol. The smallest absolute Gasteiger partial charge is 0.00490 e. The van der Waals surface area contributed by atoms with Crippen LogP contribution in [-0.4, -0.2) is 19.6 Å². The molecule has 0 aliphatic heterocycles. The highest BCUT2D eigenvalue weighted by Crippen LogP contribution is 2.10. The minimum atomic E-state index is 0.867. The fourth-order valence-electron chi connectivity index (χ4n) is 1.99. The van der Waals surface area contributed by atoms with E-state index in [0.29, 0.717) is 0 Å². The number of unbranched alkanes of at least 4 members (excludes halogenated alkanes) is 9. The number of nitrogens with two attached hydrogens (primary N) is 1. The van der Waals surface area contributed by atoms with Crippen molar-refractivity contribution < 1.29 is 0 Å². The van der Waals surface area contributed by atoms with E-state index in [1.165, 1.54) is 70.8 Å². The van der Waals surface area contributed by atoms with Crippen LogP contribution in [0.1, 0.15) is 71.1 Å². The van der Waals surface area contributed by atoms with Crippen molar-refractivity contribution in [1.29, 1.82) is 0 Å². The summed E-state index contributed by atoms with van der Waals surface area (Å²) in [6.45, 7) is 5.36. The van der Waals surface area contributed by atoms with E-state index >= 15 is 0 Å². The second kappa shape index (κ2) is 14.9. The SMILES string of the molecule is CCNCCCCCCCCCCCCN. The molecule has 0 amide bonds. The maximum atomic E-state index is 5.45. The monoisotopic (exact) mass is 228 g/mol. The lowest BCUT2D eigenvalue weighted by Gasteiger charge is -2.03. The predicted molar refractivity (Wildman–Crippen MR) is 73.8 cm³/mol. The van der Waals surface area contributed by atoms with Crippen LogP contribution in [0.3, 0.4) is 0 Å². The summed E-state index contributed by atoms with van der Waals surface area (Å²) >= 11 is 0. The van der Waals surface area contributed by atoms with Crippen LogP contribution in [0.25, 0.3) is 0 Å². The van der Waals surface area contributed by atoms with Crippen LogP contribution in [0.4, 0.5) is 0 Å². The van der Waals surface area contributed by atoms with Crippen LogP contribution in [0.2, 0.25) is 0 Å². The van der Waals surface area contributed by atoms with Crippen LogP contribution in [-0.2, 0) is 0 Å². The second-order valence-electron chi connectivity index (χ2n) is 4.68. The van der Waals surface area contributed by atoms with E-state index in [0.717, 1.165) is 13.1 Å². The van der Waals surface area contributed by atoms with Gasteiger partial charge in [-0.15, -0.1) is 0 Å². The summed E-state index contributed by atoms with van der Waals surface area (Å²) in [5.41, 5.74) is 5.45. The van der Waals surface area contributed by atoms with Gasteiger partial charge in [-0.1, -0.05) is 58.3 Å². The molecule has 0 unspecified atom stereocenters. The molecule has 0 spiro atoms. The summed E-state index contributed by atoms with van der Waals surface area (Å²) in [5, 5.41) is 3.37. The normalized spacial score (nSPS) is 10.9. The molecule has 0 rings (SSSR count). The van der Waals surface area contributed by atoms with Crippen molar-refractivity contribution in [3.05, 3.63) is 0 Å². The van der Waals surface area contributed by atoms with Gasteiger partial charge in [-0.05, 0) is 32.5 Å². The first kappa shape index (κ1) is 15.9. The summed E-state index contributed by atoms with van der Waals surface area (Å²) in [4.78, 5) is 0. The minimum Gasteiger partial charge on any atom is -0.330 e. The van der Waals surface area contributed by atoms with Crippen molar-refractivity contribution in [2.75, 3.05) is 19.6 Å². The van der Waals surface area contributed by atoms with E-state index in [1.54, 1.807) is 0 Å². The molecule has 0 atom stereocenters. The molecule has 0 fully saturated rings. The molecular formula is C14H32N2. The number of nitrogens with one attached hydrogen (secondary N) is 1. The largest absolute Gasteiger partial charge is 0.330 e. The highest BCUT2D eigenvalue weighted by Gasteiger charge is 1.92. The van der Waals surface area contributed by atoms with Gasteiger partial charge >= 0.3 is 0 Å². The Morgan fingerprint density at radius 3 is 1.56 bits per heavy atom. The molecule has 0 bridgehead atoms. The topological polar surface area (TPSA) is 38.0 Å². The van der Waals surface area contributed by atoms with Gasteiger partial charge in [-0.3, -0.25) is 0 Å². The fraction of sp³-hybridized carbons (Fsp3) is 1.00. The average Bonchev–Trinajstić information content (AvgIpc) is 2.31. The first-order chi connectivity index (χ1) is 7.91. The van der Waals surface area contributed by atoms with E-state index in [1.807, 2.05) is 0 Å². The van der Waals surface area contributed by atoms with Crippen molar-refractivity contribution >= 4 is 0 Å². The van der Waals surface area contributed by atoms with Crippen molar-refractivity contribution in [3.63, 3.8) is 0 Å². The molecule has 0 aromatic heterocycles. The van der Waals surface area contributed by atoms with E-state index < -0.39 is 0 Å². The fourth-order valence-corrected chi connectivity index (χ4v) is 1.99. The summed E-state index contributed by atoms with van der Waals surface area (Å²) in [7, 11) is 0. The van der Waals surface area contributed by atoms with E-state index in [-0.39, 0.29) is 0 Å². The Morgan fingerprint density at radius 1 is 0.688 bits per heavy atom. The zero-order chi connectivity index (χ0) is 11.9. The Labute approximate surface area is 102 Å². The van der Waals surface area contributed by atoms with Gasteiger partial charge in [0.05, 0.1) is 0 Å². The quantitative estimate of drug-likeness (QED) is 0.474. The predicted octanol–water partition coefficient (Wildman–Crippen LogP) is 3.46. The lowest BCUT2D eigenvalue weighted by Crippen LogP contribution is -2.13. The van der Waals surface area contributed by atoms with Crippen molar-refractivity contribution in [1.82, 2.24) is 5.32 Å². The van der Waals surface area contributed by atoms with E-state index in [9.17, 15) is 0 Å². The molecule has 0 aliphatic rings. The zero-order valence-electron chi connectivity index (χ0n) is 11.3. The Hall–Kier alpha value is -0.0800. The van der Waals surface area contributed by atoms with Crippen molar-refractivity contribution in [2.45, 2.75) is 71.1 Å². The Balaban J connectivity index is 2.83. The lowest BCUT2D eigenvalue weighted by molar-refractivity contribution is 0.544. The van der Waals surface area contributed by atoms with Gasteiger partial charge in [-0.25, -0.2) is 0 Å². The molecule has 16 heavy (non-hydrogen) atoms. The molecule has 0 radical (unpaired) electrons. The summed E-state index contributed by atoms with van der Waals surface area (Å²) in [6, 6.07) is 0. The molecular weight excluding hydrogens is 196 g/mol. The molecule has 2 nitrogen and oxygen atoms in total. The Kier molecular flexibility index (Phi) is 14.8. The van der Waals surface area contributed by atoms with E-state index in [4.69, 9.17) is 5.73 Å². The third-order valence-corrected chi connectivity index (χ3v) is 3.06. The lowest BCUT2D eigenvalue weighted by atomic mass is 10.1. The molecule has 0 aromatic rings. The van der Waals surface area contributed by atoms with Gasteiger partial charge in [-0.2, -0.15) is 0 Å². The van der Waals surface area contributed by atoms with Crippen molar-refractivity contribution in [3.8, 4) is 0 Å². The molecule has 2 heteroatoms. The van der Waals surface area contributed by atoms with Crippen LogP contribution in [0, 0.1) is 0 Å². The molecule has 0 aliphatic carbocycles. The zero-order valence-corrected chi connectivity index (χ0v) is 11.3. The van der Waals surface area contributed by atoms with Gasteiger partial charge < -0.3 is 11.1 Å². The van der Waals surface area contributed by atoms with Crippen LogP contribution in [0.15, 0.2) is 0 Å². The summed E-state index contributed by atoms with van der Waals surface area (Å²) in [5.74, 6) is 0. The van der Waals surface area contributed by atoms with Gasteiger partial charge in [0, 0.05) is 0 Å². The molecule has 0 aromatic carbocycles. The van der Waals surface area contributed by atoms with Crippen LogP contribution < -0.4 is 11.1 Å². The van der Waals surface area contributed by atoms with Crippen LogP contribution >= 0.6 is 0 Å². The highest BCUT2D eigenvalue weighted by molar-refractivity contribution is 4.49. The van der Waals surface area contributed by atoms with Crippen LogP contribution in [0.5, 0.6) is 0 Å². The van der Waals surface area contributed by atoms with Gasteiger partial charge in [0.2, 0.25) is 0 Å². The van der Waals surface area contributed by atoms with Gasteiger partial charge in [0.1, 0.15) is 0 Å². The molecule has 98 valence electrons.